The maximum absolute atomic E-state index is 13.6. The van der Waals surface area contributed by atoms with Crippen LogP contribution in [0.2, 0.25) is 0 Å². The molecule has 2 atom stereocenters. The molecule has 214 valence electrons. The van der Waals surface area contributed by atoms with Crippen LogP contribution in [-0.2, 0) is 4.79 Å². The highest BCUT2D eigenvalue weighted by Crippen LogP contribution is 2.31. The lowest BCUT2D eigenvalue weighted by Crippen LogP contribution is -2.53. The number of piperazine rings is 1. The van der Waals surface area contributed by atoms with Crippen molar-refractivity contribution in [2.24, 2.45) is 5.73 Å². The first kappa shape index (κ1) is 28.4. The van der Waals surface area contributed by atoms with Gasteiger partial charge in [0.05, 0.1) is 28.7 Å². The number of nitrogens with one attached hydrogen (secondary N) is 2. The summed E-state index contributed by atoms with van der Waals surface area (Å²) in [5, 5.41) is 19.4. The number of aromatic nitrogens is 2. The molecule has 1 saturated heterocycles. The third kappa shape index (κ3) is 5.95. The molecule has 4 N–H and O–H groups in total. The summed E-state index contributed by atoms with van der Waals surface area (Å²) in [5.74, 6) is 0.422. The first-order valence-corrected chi connectivity index (χ1v) is 14.1. The van der Waals surface area contributed by atoms with Gasteiger partial charge in [-0.05, 0) is 74.4 Å². The van der Waals surface area contributed by atoms with E-state index in [0.29, 0.717) is 54.9 Å². The van der Waals surface area contributed by atoms with Crippen LogP contribution in [0.15, 0.2) is 72.8 Å². The Hall–Kier alpha value is -5.17. The van der Waals surface area contributed by atoms with Crippen molar-refractivity contribution in [2.75, 3.05) is 31.1 Å². The molecule has 1 aliphatic rings. The zero-order valence-corrected chi connectivity index (χ0v) is 23.5. The number of hydrogen-bond acceptors (Lipinski definition) is 6. The van der Waals surface area contributed by atoms with Gasteiger partial charge in [-0.15, -0.1) is 0 Å². The fourth-order valence-corrected chi connectivity index (χ4v) is 5.58. The number of amides is 1. The van der Waals surface area contributed by atoms with E-state index in [1.54, 1.807) is 24.3 Å². The number of nitrogens with zero attached hydrogens (tertiary/aromatic N) is 5. The zero-order chi connectivity index (χ0) is 29.6. The number of nitriles is 1. The van der Waals surface area contributed by atoms with Crippen molar-refractivity contribution < 1.29 is 9.59 Å². The summed E-state index contributed by atoms with van der Waals surface area (Å²) in [4.78, 5) is 35.1. The number of benzene rings is 3. The lowest BCUT2D eigenvalue weighted by Gasteiger charge is -2.41. The van der Waals surface area contributed by atoms with Crippen molar-refractivity contribution in [3.05, 3.63) is 83.9 Å². The first-order chi connectivity index (χ1) is 20.4. The Labute approximate surface area is 244 Å². The van der Waals surface area contributed by atoms with E-state index in [9.17, 15) is 14.9 Å². The summed E-state index contributed by atoms with van der Waals surface area (Å²) in [5.41, 5.74) is 9.75. The van der Waals surface area contributed by atoms with E-state index in [0.717, 1.165) is 29.6 Å². The Kier molecular flexibility index (Phi) is 8.48. The number of hydrogen-bond donors (Lipinski definition) is 3. The smallest absolute Gasteiger partial charge is 0.254 e. The number of anilines is 1. The van der Waals surface area contributed by atoms with Crippen molar-refractivity contribution >= 4 is 34.9 Å². The van der Waals surface area contributed by atoms with E-state index < -0.39 is 6.04 Å². The average Bonchev–Trinajstić information content (AvgIpc) is 3.39. The van der Waals surface area contributed by atoms with Crippen LogP contribution in [0.1, 0.15) is 41.7 Å². The van der Waals surface area contributed by atoms with Gasteiger partial charge in [0.1, 0.15) is 12.1 Å². The first-order valence-electron chi connectivity index (χ1n) is 14.1. The molecule has 42 heavy (non-hydrogen) atoms. The van der Waals surface area contributed by atoms with E-state index in [4.69, 9.17) is 16.1 Å². The normalized spacial score (nSPS) is 15.7. The minimum absolute atomic E-state index is 0.0480. The SMILES string of the molecule is CC1CN(C(=O)c2ccc3c(c2)nc(-c2ccc(C#N)cc2)n3[C@H](C=O)CCCNC(=N)N)CCN1c1ccccc1. The summed E-state index contributed by atoms with van der Waals surface area (Å²) in [6.07, 6.45) is 2.01. The van der Waals surface area contributed by atoms with E-state index in [-0.39, 0.29) is 17.9 Å². The van der Waals surface area contributed by atoms with Gasteiger partial charge in [-0.1, -0.05) is 18.2 Å². The van der Waals surface area contributed by atoms with Crippen LogP contribution in [0.4, 0.5) is 5.69 Å². The molecule has 10 nitrogen and oxygen atoms in total. The van der Waals surface area contributed by atoms with Crippen molar-refractivity contribution in [3.63, 3.8) is 0 Å². The van der Waals surface area contributed by atoms with Crippen molar-refractivity contribution in [2.45, 2.75) is 31.8 Å². The average molecular weight is 563 g/mol. The molecule has 1 amide bonds. The number of aldehydes is 1. The van der Waals surface area contributed by atoms with Crippen LogP contribution >= 0.6 is 0 Å². The molecule has 1 aliphatic heterocycles. The number of imidazole rings is 1. The topological polar surface area (TPSA) is 144 Å². The minimum Gasteiger partial charge on any atom is -0.370 e. The van der Waals surface area contributed by atoms with Gasteiger partial charge in [-0.2, -0.15) is 5.26 Å². The highest BCUT2D eigenvalue weighted by atomic mass is 16.2. The number of nitrogens with two attached hydrogens (primary N) is 1. The van der Waals surface area contributed by atoms with Gasteiger partial charge in [0.25, 0.3) is 5.91 Å². The van der Waals surface area contributed by atoms with Gasteiger partial charge in [-0.25, -0.2) is 4.98 Å². The minimum atomic E-state index is -0.525. The monoisotopic (exact) mass is 562 g/mol. The van der Waals surface area contributed by atoms with E-state index in [2.05, 4.69) is 35.3 Å². The molecular formula is C32H34N8O2. The van der Waals surface area contributed by atoms with E-state index in [1.807, 2.05) is 45.9 Å². The van der Waals surface area contributed by atoms with Crippen LogP contribution in [0.5, 0.6) is 0 Å². The number of rotatable bonds is 9. The number of carbonyl (C=O) groups excluding carboxylic acids is 2. The molecule has 0 aliphatic carbocycles. The number of para-hydroxylation sites is 1. The molecule has 1 aromatic heterocycles. The molecular weight excluding hydrogens is 528 g/mol. The summed E-state index contributed by atoms with van der Waals surface area (Å²) < 4.78 is 1.90. The maximum Gasteiger partial charge on any atom is 0.254 e. The Balaban J connectivity index is 1.44. The molecule has 4 aromatic rings. The van der Waals surface area contributed by atoms with Crippen molar-refractivity contribution in [1.82, 2.24) is 19.8 Å². The lowest BCUT2D eigenvalue weighted by molar-refractivity contribution is -0.110. The van der Waals surface area contributed by atoms with Gasteiger partial charge in [0.15, 0.2) is 5.96 Å². The van der Waals surface area contributed by atoms with Crippen LogP contribution in [-0.4, -0.2) is 64.8 Å². The van der Waals surface area contributed by atoms with Gasteiger partial charge in [-0.3, -0.25) is 10.2 Å². The third-order valence-corrected chi connectivity index (χ3v) is 7.69. The van der Waals surface area contributed by atoms with Crippen LogP contribution < -0.4 is 16.0 Å². The van der Waals surface area contributed by atoms with Gasteiger partial charge in [0.2, 0.25) is 0 Å². The zero-order valence-electron chi connectivity index (χ0n) is 23.5. The lowest BCUT2D eigenvalue weighted by atomic mass is 10.1. The Morgan fingerprint density at radius 1 is 1.17 bits per heavy atom. The number of fused-ring (bicyclic) bond motifs is 1. The standard InChI is InChI=1S/C32H34N8O2/c1-22-20-38(16-17-39(22)26-6-3-2-4-7-26)31(42)25-13-14-29-28(18-25)37-30(24-11-9-23(19-33)10-12-24)40(29)27(21-41)8-5-15-36-32(34)35/h2-4,6-7,9-14,18,21-22,27H,5,8,15-17,20H2,1H3,(H4,34,35,36)/t22?,27-/m0/s1. The van der Waals surface area contributed by atoms with Crippen molar-refractivity contribution in [3.8, 4) is 17.5 Å². The predicted molar refractivity (Wildman–Crippen MR) is 163 cm³/mol. The molecule has 5 rings (SSSR count). The molecule has 2 heterocycles. The second kappa shape index (κ2) is 12.6. The number of guanidine groups is 1. The van der Waals surface area contributed by atoms with Gasteiger partial charge >= 0.3 is 0 Å². The third-order valence-electron chi connectivity index (χ3n) is 7.69. The van der Waals surface area contributed by atoms with E-state index in [1.165, 1.54) is 0 Å². The fraction of sp³-hybridized carbons (Fsp3) is 0.281. The molecule has 1 fully saturated rings. The summed E-state index contributed by atoms with van der Waals surface area (Å²) in [7, 11) is 0. The highest BCUT2D eigenvalue weighted by Gasteiger charge is 2.28. The van der Waals surface area contributed by atoms with Crippen LogP contribution in [0.25, 0.3) is 22.4 Å². The van der Waals surface area contributed by atoms with Crippen molar-refractivity contribution in [1.29, 1.82) is 10.7 Å². The van der Waals surface area contributed by atoms with Gasteiger partial charge < -0.3 is 30.2 Å². The maximum atomic E-state index is 13.6. The molecule has 3 aromatic carbocycles. The second-order valence-electron chi connectivity index (χ2n) is 10.5. The molecule has 1 unspecified atom stereocenters. The quantitative estimate of drug-likeness (QED) is 0.121. The Morgan fingerprint density at radius 3 is 2.60 bits per heavy atom. The summed E-state index contributed by atoms with van der Waals surface area (Å²) >= 11 is 0. The van der Waals surface area contributed by atoms with E-state index >= 15 is 0 Å². The Morgan fingerprint density at radius 2 is 1.93 bits per heavy atom. The molecule has 0 spiro atoms. The van der Waals surface area contributed by atoms with Crippen LogP contribution in [0, 0.1) is 16.7 Å². The highest BCUT2D eigenvalue weighted by molar-refractivity contribution is 5.98. The molecule has 0 saturated carbocycles. The van der Waals surface area contributed by atoms with Gasteiger partial charge in [0, 0.05) is 49.0 Å². The Bertz CT molecular complexity index is 1620. The largest absolute Gasteiger partial charge is 0.370 e. The second-order valence-corrected chi connectivity index (χ2v) is 10.5. The fourth-order valence-electron chi connectivity index (χ4n) is 5.58. The van der Waals surface area contributed by atoms with Crippen LogP contribution in [0.3, 0.4) is 0 Å². The molecule has 10 heteroatoms. The number of carbonyl (C=O) groups is 2. The molecule has 0 radical (unpaired) electrons. The molecule has 0 bridgehead atoms. The summed E-state index contributed by atoms with van der Waals surface area (Å²) in [6, 6.07) is 24.5. The predicted octanol–water partition coefficient (Wildman–Crippen LogP) is 3.93. The summed E-state index contributed by atoms with van der Waals surface area (Å²) in [6.45, 7) is 4.57.